The summed E-state index contributed by atoms with van der Waals surface area (Å²) in [5.74, 6) is 1.12. The number of halogens is 1. The van der Waals surface area contributed by atoms with Crippen LogP contribution in [0.5, 0.6) is 0 Å². The van der Waals surface area contributed by atoms with Gasteiger partial charge in [-0.05, 0) is 68.5 Å². The number of fused-ring (bicyclic) bond motifs is 3. The maximum Gasteiger partial charge on any atom is 0.287 e. The Kier molecular flexibility index (Phi) is 5.09. The van der Waals surface area contributed by atoms with Crippen molar-refractivity contribution in [1.29, 1.82) is 0 Å². The van der Waals surface area contributed by atoms with Gasteiger partial charge in [-0.2, -0.15) is 0 Å². The second kappa shape index (κ2) is 8.13. The molecule has 2 bridgehead atoms. The summed E-state index contributed by atoms with van der Waals surface area (Å²) in [5, 5.41) is 4.04. The number of benzene rings is 1. The Morgan fingerprint density at radius 2 is 1.82 bits per heavy atom. The highest BCUT2D eigenvalue weighted by Gasteiger charge is 2.41. The first kappa shape index (κ1) is 20.7. The summed E-state index contributed by atoms with van der Waals surface area (Å²) >= 11 is 0. The third-order valence-corrected chi connectivity index (χ3v) is 7.92. The van der Waals surface area contributed by atoms with Gasteiger partial charge < -0.3 is 19.7 Å². The summed E-state index contributed by atoms with van der Waals surface area (Å²) in [6.45, 7) is 4.22. The van der Waals surface area contributed by atoms with Gasteiger partial charge in [0.25, 0.3) is 5.56 Å². The van der Waals surface area contributed by atoms with Crippen LogP contribution >= 0.6 is 0 Å². The zero-order valence-corrected chi connectivity index (χ0v) is 19.0. The van der Waals surface area contributed by atoms with Crippen LogP contribution in [0, 0.1) is 17.7 Å². The number of aromatic nitrogens is 2. The highest BCUT2D eigenvalue weighted by Crippen LogP contribution is 2.50. The zero-order chi connectivity index (χ0) is 22.5. The first-order chi connectivity index (χ1) is 16.0. The summed E-state index contributed by atoms with van der Waals surface area (Å²) < 4.78 is 16.2. The van der Waals surface area contributed by atoms with Gasteiger partial charge in [0.15, 0.2) is 5.82 Å². The van der Waals surface area contributed by atoms with Crippen molar-refractivity contribution in [3.8, 4) is 0 Å². The number of anilines is 3. The molecule has 1 aliphatic heterocycles. The van der Waals surface area contributed by atoms with E-state index < -0.39 is 11.4 Å². The number of hydrogen-bond donors (Lipinski definition) is 1. The van der Waals surface area contributed by atoms with E-state index in [0.29, 0.717) is 23.0 Å². The number of pyridine rings is 2. The first-order valence-corrected chi connectivity index (χ1v) is 12.1. The Hall–Kier alpha value is -2.93. The van der Waals surface area contributed by atoms with Crippen LogP contribution in [0.25, 0.3) is 10.9 Å². The summed E-state index contributed by atoms with van der Waals surface area (Å²) in [4.78, 5) is 22.1. The minimum atomic E-state index is -0.688. The van der Waals surface area contributed by atoms with E-state index in [4.69, 9.17) is 0 Å². The SMILES string of the molecule is CN1CCN(c2ccc(Nc3cc4c(cn3)cc(F)c(=O)n4C3CC4CCC3C4)cc2)CC1. The van der Waals surface area contributed by atoms with Crippen LogP contribution in [0.1, 0.15) is 31.7 Å². The second-order valence-corrected chi connectivity index (χ2v) is 10.0. The van der Waals surface area contributed by atoms with Crippen LogP contribution in [0.2, 0.25) is 0 Å². The Morgan fingerprint density at radius 1 is 1.03 bits per heavy atom. The van der Waals surface area contributed by atoms with Crippen molar-refractivity contribution in [3.63, 3.8) is 0 Å². The van der Waals surface area contributed by atoms with Crippen LogP contribution in [0.3, 0.4) is 0 Å². The molecule has 0 amide bonds. The largest absolute Gasteiger partial charge is 0.369 e. The molecule has 3 aliphatic rings. The van der Waals surface area contributed by atoms with Crippen LogP contribution in [0.15, 0.2) is 47.4 Å². The summed E-state index contributed by atoms with van der Waals surface area (Å²) in [5.41, 5.74) is 2.43. The number of piperazine rings is 1. The monoisotopic (exact) mass is 447 g/mol. The zero-order valence-electron chi connectivity index (χ0n) is 19.0. The lowest BCUT2D eigenvalue weighted by Crippen LogP contribution is -2.44. The molecule has 33 heavy (non-hydrogen) atoms. The van der Waals surface area contributed by atoms with E-state index in [-0.39, 0.29) is 6.04 Å². The van der Waals surface area contributed by atoms with E-state index in [1.807, 2.05) is 6.07 Å². The molecule has 2 aliphatic carbocycles. The van der Waals surface area contributed by atoms with Gasteiger partial charge in [0.1, 0.15) is 5.82 Å². The lowest BCUT2D eigenvalue weighted by molar-refractivity contribution is 0.313. The quantitative estimate of drug-likeness (QED) is 0.643. The van der Waals surface area contributed by atoms with Gasteiger partial charge >= 0.3 is 0 Å². The average Bonchev–Trinajstić information content (AvgIpc) is 3.45. The lowest BCUT2D eigenvalue weighted by Gasteiger charge is -2.34. The number of hydrogen-bond acceptors (Lipinski definition) is 5. The van der Waals surface area contributed by atoms with Crippen molar-refractivity contribution in [2.75, 3.05) is 43.4 Å². The fourth-order valence-corrected chi connectivity index (χ4v) is 6.09. The first-order valence-electron chi connectivity index (χ1n) is 12.1. The highest BCUT2D eigenvalue weighted by atomic mass is 19.1. The topological polar surface area (TPSA) is 53.4 Å². The maximum atomic E-state index is 14.5. The van der Waals surface area contributed by atoms with Gasteiger partial charge in [-0.15, -0.1) is 0 Å². The van der Waals surface area contributed by atoms with Gasteiger partial charge in [-0.25, -0.2) is 9.37 Å². The van der Waals surface area contributed by atoms with Crippen molar-refractivity contribution in [2.24, 2.45) is 11.8 Å². The molecule has 3 unspecified atom stereocenters. The summed E-state index contributed by atoms with van der Waals surface area (Å²) in [6, 6.07) is 11.7. The molecule has 6 rings (SSSR count). The highest BCUT2D eigenvalue weighted by molar-refractivity contribution is 5.81. The molecule has 0 spiro atoms. The van der Waals surface area contributed by atoms with Crippen molar-refractivity contribution in [3.05, 3.63) is 58.8 Å². The molecule has 3 aromatic rings. The smallest absolute Gasteiger partial charge is 0.287 e. The predicted octanol–water partition coefficient (Wildman–Crippen LogP) is 4.39. The number of rotatable bonds is 4. The molecule has 3 atom stereocenters. The average molecular weight is 448 g/mol. The molecule has 6 nitrogen and oxygen atoms in total. The fourth-order valence-electron chi connectivity index (χ4n) is 6.09. The molecule has 2 aromatic heterocycles. The van der Waals surface area contributed by atoms with Crippen molar-refractivity contribution >= 4 is 28.1 Å². The van der Waals surface area contributed by atoms with Crippen molar-refractivity contribution in [1.82, 2.24) is 14.5 Å². The third-order valence-electron chi connectivity index (χ3n) is 7.92. The Morgan fingerprint density at radius 3 is 2.52 bits per heavy atom. The number of likely N-dealkylation sites (N-methyl/N-ethyl adjacent to an activating group) is 1. The normalized spacial score (nSPS) is 25.2. The fraction of sp³-hybridized carbons (Fsp3) is 0.462. The molecule has 1 aromatic carbocycles. The number of nitrogens with one attached hydrogen (secondary N) is 1. The minimum Gasteiger partial charge on any atom is -0.369 e. The summed E-state index contributed by atoms with van der Waals surface area (Å²) in [6.07, 6.45) is 6.17. The second-order valence-electron chi connectivity index (χ2n) is 10.0. The molecule has 3 heterocycles. The molecule has 1 saturated heterocycles. The van der Waals surface area contributed by atoms with E-state index in [9.17, 15) is 9.18 Å². The molecule has 0 radical (unpaired) electrons. The third kappa shape index (κ3) is 3.78. The molecule has 7 heteroatoms. The van der Waals surface area contributed by atoms with E-state index in [1.54, 1.807) is 10.8 Å². The van der Waals surface area contributed by atoms with Gasteiger partial charge in [0.05, 0.1) is 5.52 Å². The lowest BCUT2D eigenvalue weighted by atomic mass is 9.94. The minimum absolute atomic E-state index is 0.0903. The van der Waals surface area contributed by atoms with E-state index >= 15 is 0 Å². The molecule has 172 valence electrons. The van der Waals surface area contributed by atoms with Crippen molar-refractivity contribution < 1.29 is 4.39 Å². The maximum absolute atomic E-state index is 14.5. The Balaban J connectivity index is 1.28. The van der Waals surface area contributed by atoms with E-state index in [1.165, 1.54) is 18.2 Å². The molecule has 2 saturated carbocycles. The Labute approximate surface area is 193 Å². The number of nitrogens with zero attached hydrogens (tertiary/aromatic N) is 4. The molecule has 3 fully saturated rings. The van der Waals surface area contributed by atoms with Gasteiger partial charge in [-0.3, -0.25) is 4.79 Å². The predicted molar refractivity (Wildman–Crippen MR) is 130 cm³/mol. The van der Waals surface area contributed by atoms with Crippen LogP contribution in [-0.4, -0.2) is 47.7 Å². The van der Waals surface area contributed by atoms with Crippen LogP contribution < -0.4 is 15.8 Å². The van der Waals surface area contributed by atoms with Crippen LogP contribution in [-0.2, 0) is 0 Å². The molecular weight excluding hydrogens is 417 g/mol. The molecule has 1 N–H and O–H groups in total. The standard InChI is InChI=1S/C26H30FN5O/c1-30-8-10-31(11-9-30)21-6-4-20(5-7-21)29-25-15-24-19(16-28-25)14-22(27)26(33)32(24)23-13-17-2-3-18(23)12-17/h4-7,14-18,23H,2-3,8-13H2,1H3,(H,28,29). The Bertz CT molecular complexity index is 1230. The van der Waals surface area contributed by atoms with Gasteiger partial charge in [-0.1, -0.05) is 6.42 Å². The summed E-state index contributed by atoms with van der Waals surface area (Å²) in [7, 11) is 2.16. The van der Waals surface area contributed by atoms with E-state index in [0.717, 1.165) is 56.6 Å². The van der Waals surface area contributed by atoms with Gasteiger partial charge in [0.2, 0.25) is 0 Å². The van der Waals surface area contributed by atoms with Crippen LogP contribution in [0.4, 0.5) is 21.6 Å². The van der Waals surface area contributed by atoms with Crippen molar-refractivity contribution in [2.45, 2.75) is 31.7 Å². The van der Waals surface area contributed by atoms with E-state index in [2.05, 4.69) is 51.4 Å². The molecular formula is C26H30FN5O. The van der Waals surface area contributed by atoms with Gasteiger partial charge in [0, 0.05) is 61.2 Å².